The van der Waals surface area contributed by atoms with E-state index in [-0.39, 0.29) is 0 Å². The Balaban J connectivity index is 2.45. The van der Waals surface area contributed by atoms with E-state index in [0.29, 0.717) is 5.92 Å². The summed E-state index contributed by atoms with van der Waals surface area (Å²) in [5.74, 6) is 1.58. The third kappa shape index (κ3) is 3.41. The van der Waals surface area contributed by atoms with Crippen LogP contribution in [0.25, 0.3) is 0 Å². The predicted octanol–water partition coefficient (Wildman–Crippen LogP) is 0.610. The van der Waals surface area contributed by atoms with Crippen LogP contribution in [0.15, 0.2) is 0 Å². The molecular weight excluding hydrogens is 178 g/mol. The molecule has 5 heteroatoms. The van der Waals surface area contributed by atoms with Gasteiger partial charge in [-0.25, -0.2) is 4.68 Å². The Hall–Kier alpha value is -0.970. The van der Waals surface area contributed by atoms with E-state index in [1.807, 2.05) is 4.68 Å². The quantitative estimate of drug-likeness (QED) is 0.678. The normalized spacial score (nSPS) is 11.1. The van der Waals surface area contributed by atoms with E-state index >= 15 is 0 Å². The number of nitrogens with zero attached hydrogens (tertiary/aromatic N) is 4. The fraction of sp³-hybridized carbons (Fsp3) is 0.889. The lowest BCUT2D eigenvalue weighted by Crippen LogP contribution is -2.10. The van der Waals surface area contributed by atoms with Crippen molar-refractivity contribution in [2.75, 3.05) is 6.54 Å². The number of unbranched alkanes of at least 4 members (excludes halogenated alkanes) is 1. The summed E-state index contributed by atoms with van der Waals surface area (Å²) in [4.78, 5) is 0. The van der Waals surface area contributed by atoms with E-state index in [1.54, 1.807) is 0 Å². The number of hydrogen-bond acceptors (Lipinski definition) is 4. The summed E-state index contributed by atoms with van der Waals surface area (Å²) in [7, 11) is 0. The molecule has 14 heavy (non-hydrogen) atoms. The van der Waals surface area contributed by atoms with E-state index in [0.717, 1.165) is 38.2 Å². The Morgan fingerprint density at radius 1 is 1.36 bits per heavy atom. The van der Waals surface area contributed by atoms with Crippen molar-refractivity contribution in [3.05, 3.63) is 5.82 Å². The predicted molar refractivity (Wildman–Crippen MR) is 54.6 cm³/mol. The molecule has 0 aliphatic rings. The molecule has 0 atom stereocenters. The van der Waals surface area contributed by atoms with Gasteiger partial charge in [0.25, 0.3) is 0 Å². The van der Waals surface area contributed by atoms with Crippen molar-refractivity contribution in [3.63, 3.8) is 0 Å². The number of nitrogens with two attached hydrogens (primary N) is 1. The molecule has 0 unspecified atom stereocenters. The number of rotatable bonds is 6. The smallest absolute Gasteiger partial charge is 0.151 e. The van der Waals surface area contributed by atoms with Gasteiger partial charge in [0, 0.05) is 13.0 Å². The number of tetrazole rings is 1. The summed E-state index contributed by atoms with van der Waals surface area (Å²) in [6.07, 6.45) is 3.02. The standard InChI is InChI=1S/C9H19N5/c1-8(2)7-9-11-12-13-14(9)6-4-3-5-10/h8H,3-7,10H2,1-2H3. The summed E-state index contributed by atoms with van der Waals surface area (Å²) in [6.45, 7) is 5.95. The van der Waals surface area contributed by atoms with Gasteiger partial charge in [-0.3, -0.25) is 0 Å². The second-order valence-electron chi connectivity index (χ2n) is 3.91. The highest BCUT2D eigenvalue weighted by atomic mass is 15.5. The van der Waals surface area contributed by atoms with Gasteiger partial charge in [-0.2, -0.15) is 0 Å². The fourth-order valence-corrected chi connectivity index (χ4v) is 1.31. The molecule has 0 aliphatic heterocycles. The average molecular weight is 197 g/mol. The Labute approximate surface area is 84.7 Å². The summed E-state index contributed by atoms with van der Waals surface area (Å²) < 4.78 is 1.88. The minimum absolute atomic E-state index is 0.592. The Morgan fingerprint density at radius 2 is 2.14 bits per heavy atom. The highest BCUT2D eigenvalue weighted by molar-refractivity contribution is 4.82. The van der Waals surface area contributed by atoms with Crippen LogP contribution in [-0.2, 0) is 13.0 Å². The van der Waals surface area contributed by atoms with Crippen LogP contribution >= 0.6 is 0 Å². The summed E-state index contributed by atoms with van der Waals surface area (Å²) in [5.41, 5.74) is 5.43. The van der Waals surface area contributed by atoms with Crippen molar-refractivity contribution in [2.45, 2.75) is 39.7 Å². The molecule has 0 saturated heterocycles. The molecule has 0 bridgehead atoms. The SMILES string of the molecule is CC(C)Cc1nnnn1CCCCN. The Kier molecular flexibility index (Phi) is 4.52. The van der Waals surface area contributed by atoms with Gasteiger partial charge in [-0.05, 0) is 35.7 Å². The van der Waals surface area contributed by atoms with Gasteiger partial charge in [-0.1, -0.05) is 13.8 Å². The van der Waals surface area contributed by atoms with Crippen molar-refractivity contribution >= 4 is 0 Å². The van der Waals surface area contributed by atoms with Crippen molar-refractivity contribution in [2.24, 2.45) is 11.7 Å². The van der Waals surface area contributed by atoms with E-state index in [1.165, 1.54) is 0 Å². The van der Waals surface area contributed by atoms with E-state index < -0.39 is 0 Å². The second kappa shape index (κ2) is 5.70. The van der Waals surface area contributed by atoms with Gasteiger partial charge in [0.1, 0.15) is 0 Å². The third-order valence-electron chi connectivity index (χ3n) is 2.02. The van der Waals surface area contributed by atoms with Crippen LogP contribution in [0, 0.1) is 5.92 Å². The third-order valence-corrected chi connectivity index (χ3v) is 2.02. The van der Waals surface area contributed by atoms with Crippen molar-refractivity contribution < 1.29 is 0 Å². The number of hydrogen-bond donors (Lipinski definition) is 1. The molecule has 1 heterocycles. The molecule has 0 saturated carbocycles. The lowest BCUT2D eigenvalue weighted by atomic mass is 10.1. The molecule has 5 nitrogen and oxygen atoms in total. The molecule has 0 spiro atoms. The molecule has 0 amide bonds. The van der Waals surface area contributed by atoms with Crippen LogP contribution in [0.5, 0.6) is 0 Å². The van der Waals surface area contributed by atoms with Crippen molar-refractivity contribution in [1.29, 1.82) is 0 Å². The van der Waals surface area contributed by atoms with Crippen LogP contribution in [0.2, 0.25) is 0 Å². The van der Waals surface area contributed by atoms with Gasteiger partial charge >= 0.3 is 0 Å². The Morgan fingerprint density at radius 3 is 2.79 bits per heavy atom. The van der Waals surface area contributed by atoms with E-state index in [9.17, 15) is 0 Å². The lowest BCUT2D eigenvalue weighted by Gasteiger charge is -2.05. The molecule has 0 aliphatic carbocycles. The zero-order valence-corrected chi connectivity index (χ0v) is 8.98. The van der Waals surface area contributed by atoms with Gasteiger partial charge in [-0.15, -0.1) is 5.10 Å². The number of aromatic nitrogens is 4. The van der Waals surface area contributed by atoms with Gasteiger partial charge in [0.2, 0.25) is 0 Å². The van der Waals surface area contributed by atoms with Gasteiger partial charge in [0.05, 0.1) is 0 Å². The van der Waals surface area contributed by atoms with Crippen molar-refractivity contribution in [1.82, 2.24) is 20.2 Å². The van der Waals surface area contributed by atoms with E-state index in [4.69, 9.17) is 5.73 Å². The topological polar surface area (TPSA) is 69.6 Å². The van der Waals surface area contributed by atoms with Crippen LogP contribution in [0.3, 0.4) is 0 Å². The monoisotopic (exact) mass is 197 g/mol. The molecule has 80 valence electrons. The summed E-state index contributed by atoms with van der Waals surface area (Å²) in [6, 6.07) is 0. The van der Waals surface area contributed by atoms with Crippen molar-refractivity contribution in [3.8, 4) is 0 Å². The zero-order chi connectivity index (χ0) is 10.4. The largest absolute Gasteiger partial charge is 0.330 e. The average Bonchev–Trinajstić information content (AvgIpc) is 2.52. The maximum Gasteiger partial charge on any atom is 0.151 e. The zero-order valence-electron chi connectivity index (χ0n) is 8.98. The number of aryl methyl sites for hydroxylation is 1. The summed E-state index contributed by atoms with van der Waals surface area (Å²) >= 11 is 0. The van der Waals surface area contributed by atoms with Crippen LogP contribution in [-0.4, -0.2) is 26.8 Å². The summed E-state index contributed by atoms with van der Waals surface area (Å²) in [5, 5.41) is 11.6. The first-order chi connectivity index (χ1) is 6.74. The molecule has 0 fully saturated rings. The maximum atomic E-state index is 5.43. The van der Waals surface area contributed by atoms with Crippen LogP contribution < -0.4 is 5.73 Å². The first-order valence-corrected chi connectivity index (χ1v) is 5.19. The molecule has 1 rings (SSSR count). The first kappa shape index (κ1) is 11.1. The minimum Gasteiger partial charge on any atom is -0.330 e. The highest BCUT2D eigenvalue weighted by Gasteiger charge is 2.07. The minimum atomic E-state index is 0.592. The van der Waals surface area contributed by atoms with E-state index in [2.05, 4.69) is 29.4 Å². The van der Waals surface area contributed by atoms with Gasteiger partial charge in [0.15, 0.2) is 5.82 Å². The molecular formula is C9H19N5. The molecule has 1 aromatic heterocycles. The van der Waals surface area contributed by atoms with Gasteiger partial charge < -0.3 is 5.73 Å². The fourth-order valence-electron chi connectivity index (χ4n) is 1.31. The molecule has 2 N–H and O–H groups in total. The Bertz CT molecular complexity index is 255. The lowest BCUT2D eigenvalue weighted by molar-refractivity contribution is 0.504. The van der Waals surface area contributed by atoms with Crippen LogP contribution in [0.1, 0.15) is 32.5 Å². The maximum absolute atomic E-state index is 5.43. The first-order valence-electron chi connectivity index (χ1n) is 5.19. The second-order valence-corrected chi connectivity index (χ2v) is 3.91. The highest BCUT2D eigenvalue weighted by Crippen LogP contribution is 2.04. The van der Waals surface area contributed by atoms with Crippen LogP contribution in [0.4, 0.5) is 0 Å². The molecule has 0 radical (unpaired) electrons. The molecule has 1 aromatic rings. The molecule has 0 aromatic carbocycles.